The van der Waals surface area contributed by atoms with E-state index in [9.17, 15) is 0 Å². The van der Waals surface area contributed by atoms with Crippen LogP contribution in [-0.4, -0.2) is 37.7 Å². The van der Waals surface area contributed by atoms with Gasteiger partial charge in [0.25, 0.3) is 0 Å². The number of hydrogen-bond donors (Lipinski definition) is 1. The van der Waals surface area contributed by atoms with Gasteiger partial charge in [-0.1, -0.05) is 6.07 Å². The van der Waals surface area contributed by atoms with E-state index < -0.39 is 0 Å². The van der Waals surface area contributed by atoms with Gasteiger partial charge in [0.2, 0.25) is 0 Å². The smallest absolute Gasteiger partial charge is 0.0635 e. The van der Waals surface area contributed by atoms with Gasteiger partial charge in [-0.15, -0.1) is 11.3 Å². The molecule has 0 bridgehead atoms. The second-order valence-corrected chi connectivity index (χ2v) is 5.24. The Balaban J connectivity index is 2.80. The molecule has 2 N–H and O–H groups in total. The molecular formula is C13H21N3OS. The van der Waals surface area contributed by atoms with Crippen molar-refractivity contribution >= 4 is 11.3 Å². The summed E-state index contributed by atoms with van der Waals surface area (Å²) in [7, 11) is 1.69. The minimum atomic E-state index is 0.0270. The van der Waals surface area contributed by atoms with E-state index in [-0.39, 0.29) is 12.1 Å². The van der Waals surface area contributed by atoms with Gasteiger partial charge >= 0.3 is 0 Å². The highest BCUT2D eigenvalue weighted by molar-refractivity contribution is 7.10. The maximum atomic E-state index is 8.75. The van der Waals surface area contributed by atoms with Crippen molar-refractivity contribution in [1.82, 2.24) is 4.90 Å². The molecule has 0 radical (unpaired) electrons. The molecule has 18 heavy (non-hydrogen) atoms. The molecule has 4 nitrogen and oxygen atoms in total. The van der Waals surface area contributed by atoms with E-state index >= 15 is 0 Å². The third-order valence-corrected chi connectivity index (χ3v) is 3.76. The average molecular weight is 267 g/mol. The van der Waals surface area contributed by atoms with Gasteiger partial charge in [-0.05, 0) is 18.4 Å². The van der Waals surface area contributed by atoms with Crippen molar-refractivity contribution in [3.05, 3.63) is 22.4 Å². The fourth-order valence-corrected chi connectivity index (χ4v) is 3.00. The van der Waals surface area contributed by atoms with Crippen LogP contribution in [0.4, 0.5) is 0 Å². The van der Waals surface area contributed by atoms with Crippen LogP contribution in [0.1, 0.15) is 24.3 Å². The second kappa shape index (κ2) is 8.22. The number of rotatable bonds is 8. The summed E-state index contributed by atoms with van der Waals surface area (Å²) in [6, 6.07) is 6.52. The van der Waals surface area contributed by atoms with E-state index in [1.54, 1.807) is 18.4 Å². The molecule has 100 valence electrons. The van der Waals surface area contributed by atoms with Crippen LogP contribution in [0.5, 0.6) is 0 Å². The Hall–Kier alpha value is -0.930. The van der Waals surface area contributed by atoms with E-state index in [4.69, 9.17) is 15.7 Å². The average Bonchev–Trinajstić information content (AvgIpc) is 2.85. The number of ether oxygens (including phenoxy) is 1. The van der Waals surface area contributed by atoms with Crippen molar-refractivity contribution < 1.29 is 4.74 Å². The van der Waals surface area contributed by atoms with Crippen molar-refractivity contribution in [2.75, 3.05) is 26.8 Å². The Morgan fingerprint density at radius 2 is 2.33 bits per heavy atom. The summed E-state index contributed by atoms with van der Waals surface area (Å²) in [5, 5.41) is 10.8. The third kappa shape index (κ3) is 4.39. The summed E-state index contributed by atoms with van der Waals surface area (Å²) in [4.78, 5) is 3.49. The van der Waals surface area contributed by atoms with Crippen molar-refractivity contribution in [2.24, 2.45) is 5.73 Å². The zero-order chi connectivity index (χ0) is 13.4. The van der Waals surface area contributed by atoms with Crippen molar-refractivity contribution in [3.63, 3.8) is 0 Å². The van der Waals surface area contributed by atoms with Crippen molar-refractivity contribution in [3.8, 4) is 6.07 Å². The molecule has 1 aromatic rings. The highest BCUT2D eigenvalue weighted by Crippen LogP contribution is 2.27. The summed E-state index contributed by atoms with van der Waals surface area (Å²) in [5.74, 6) is 0. The van der Waals surface area contributed by atoms with Crippen LogP contribution >= 0.6 is 11.3 Å². The topological polar surface area (TPSA) is 62.3 Å². The molecule has 2 atom stereocenters. The van der Waals surface area contributed by atoms with Crippen LogP contribution in [0.3, 0.4) is 0 Å². The molecule has 0 saturated carbocycles. The molecule has 1 aromatic heterocycles. The number of methoxy groups -OCH3 is 1. The largest absolute Gasteiger partial charge is 0.383 e. The minimum Gasteiger partial charge on any atom is -0.383 e. The molecule has 5 heteroatoms. The molecule has 0 spiro atoms. The zero-order valence-corrected chi connectivity index (χ0v) is 11.8. The van der Waals surface area contributed by atoms with Crippen LogP contribution < -0.4 is 5.73 Å². The Morgan fingerprint density at radius 3 is 2.83 bits per heavy atom. The monoisotopic (exact) mass is 267 g/mol. The summed E-state index contributed by atoms with van der Waals surface area (Å²) < 4.78 is 5.14. The predicted molar refractivity (Wildman–Crippen MR) is 74.4 cm³/mol. The lowest BCUT2D eigenvalue weighted by Gasteiger charge is -2.33. The lowest BCUT2D eigenvalue weighted by atomic mass is 10.1. The van der Waals surface area contributed by atoms with Crippen LogP contribution in [0.15, 0.2) is 17.5 Å². The van der Waals surface area contributed by atoms with E-state index in [1.165, 1.54) is 4.88 Å². The Labute approximate surface area is 113 Å². The number of nitriles is 1. The highest BCUT2D eigenvalue weighted by atomic mass is 32.1. The Kier molecular flexibility index (Phi) is 6.91. The number of hydrogen-bond acceptors (Lipinski definition) is 5. The lowest BCUT2D eigenvalue weighted by molar-refractivity contribution is 0.113. The molecule has 0 aliphatic carbocycles. The van der Waals surface area contributed by atoms with E-state index in [1.807, 2.05) is 13.0 Å². The molecule has 1 heterocycles. The van der Waals surface area contributed by atoms with Crippen molar-refractivity contribution in [2.45, 2.75) is 25.4 Å². The van der Waals surface area contributed by atoms with Gasteiger partial charge in [0.05, 0.1) is 18.7 Å². The van der Waals surface area contributed by atoms with Gasteiger partial charge < -0.3 is 10.5 Å². The van der Waals surface area contributed by atoms with Crippen molar-refractivity contribution in [1.29, 1.82) is 5.26 Å². The van der Waals surface area contributed by atoms with Gasteiger partial charge in [-0.3, -0.25) is 4.90 Å². The number of thiophene rings is 1. The maximum Gasteiger partial charge on any atom is 0.0635 e. The van der Waals surface area contributed by atoms with Crippen LogP contribution in [-0.2, 0) is 4.74 Å². The fourth-order valence-electron chi connectivity index (χ4n) is 2.02. The predicted octanol–water partition coefficient (Wildman–Crippen LogP) is 2.00. The summed E-state index contributed by atoms with van der Waals surface area (Å²) in [5.41, 5.74) is 6.11. The minimum absolute atomic E-state index is 0.0270. The molecule has 0 aliphatic heterocycles. The van der Waals surface area contributed by atoms with Gasteiger partial charge in [0.1, 0.15) is 0 Å². The van der Waals surface area contributed by atoms with E-state index in [2.05, 4.69) is 22.4 Å². The molecule has 0 fully saturated rings. The highest BCUT2D eigenvalue weighted by Gasteiger charge is 2.24. The summed E-state index contributed by atoms with van der Waals surface area (Å²) in [6.45, 7) is 4.18. The molecule has 0 aliphatic rings. The first-order valence-electron chi connectivity index (χ1n) is 6.09. The molecule has 2 unspecified atom stereocenters. The number of nitrogens with zero attached hydrogens (tertiary/aromatic N) is 2. The first-order chi connectivity index (χ1) is 8.70. The van der Waals surface area contributed by atoms with Crippen LogP contribution in [0, 0.1) is 11.3 Å². The molecular weight excluding hydrogens is 246 g/mol. The van der Waals surface area contributed by atoms with E-state index in [0.29, 0.717) is 13.0 Å². The maximum absolute atomic E-state index is 8.75. The van der Waals surface area contributed by atoms with Gasteiger partial charge in [-0.2, -0.15) is 5.26 Å². The molecule has 0 aromatic carbocycles. The first-order valence-corrected chi connectivity index (χ1v) is 6.97. The Bertz CT molecular complexity index is 359. The second-order valence-electron chi connectivity index (χ2n) is 4.26. The molecule has 0 saturated heterocycles. The molecule has 0 amide bonds. The normalized spacial score (nSPS) is 14.4. The quantitative estimate of drug-likeness (QED) is 0.782. The van der Waals surface area contributed by atoms with Gasteiger partial charge in [-0.25, -0.2) is 0 Å². The zero-order valence-electron chi connectivity index (χ0n) is 11.0. The summed E-state index contributed by atoms with van der Waals surface area (Å²) in [6.07, 6.45) is 0.512. The number of nitrogens with two attached hydrogens (primary N) is 1. The SMILES string of the molecule is COCCN(CCC#N)C(c1cccs1)C(C)N. The first kappa shape index (κ1) is 15.1. The van der Waals surface area contributed by atoms with Gasteiger partial charge in [0.15, 0.2) is 0 Å². The lowest BCUT2D eigenvalue weighted by Crippen LogP contribution is -2.41. The standard InChI is InChI=1S/C13H21N3OS/c1-11(15)13(12-5-3-10-18-12)16(7-4-6-14)8-9-17-2/h3,5,10-11,13H,4,7-9,15H2,1-2H3. The fraction of sp³-hybridized carbons (Fsp3) is 0.615. The third-order valence-electron chi connectivity index (χ3n) is 2.82. The summed E-state index contributed by atoms with van der Waals surface area (Å²) >= 11 is 1.71. The van der Waals surface area contributed by atoms with Gasteiger partial charge in [0, 0.05) is 37.5 Å². The van der Waals surface area contributed by atoms with Crippen LogP contribution in [0.25, 0.3) is 0 Å². The Morgan fingerprint density at radius 1 is 1.56 bits per heavy atom. The molecule has 1 rings (SSSR count). The van der Waals surface area contributed by atoms with E-state index in [0.717, 1.165) is 13.1 Å². The van der Waals surface area contributed by atoms with Crippen LogP contribution in [0.2, 0.25) is 0 Å².